The van der Waals surface area contributed by atoms with E-state index in [0.717, 1.165) is 18.9 Å². The number of nitrogens with one attached hydrogen (secondary N) is 1. The zero-order valence-electron chi connectivity index (χ0n) is 21.5. The molecule has 0 radical (unpaired) electrons. The molecule has 9 nitrogen and oxygen atoms in total. The van der Waals surface area contributed by atoms with Gasteiger partial charge in [-0.05, 0) is 57.9 Å². The molecule has 4 amide bonds. The monoisotopic (exact) mass is 511 g/mol. The van der Waals surface area contributed by atoms with Crippen LogP contribution < -0.4 is 16.2 Å². The topological polar surface area (TPSA) is 108 Å². The van der Waals surface area contributed by atoms with Crippen LogP contribution in [0.5, 0.6) is 0 Å². The quantitative estimate of drug-likeness (QED) is 0.368. The van der Waals surface area contributed by atoms with Gasteiger partial charge in [-0.25, -0.2) is 19.8 Å². The molecule has 2 aliphatic heterocycles. The summed E-state index contributed by atoms with van der Waals surface area (Å²) in [5.41, 5.74) is 2.48. The first kappa shape index (κ1) is 26.4. The molecule has 37 heavy (non-hydrogen) atoms. The second kappa shape index (κ2) is 10.4. The maximum absolute atomic E-state index is 14.9. The number of halogens is 1. The minimum absolute atomic E-state index is 0.00321. The first-order valence-electron chi connectivity index (χ1n) is 12.4. The number of carbonyl (C=O) groups excluding carboxylic acids is 3. The molecular formula is C27H34FN5O4. The third-order valence-electron chi connectivity index (χ3n) is 6.87. The highest BCUT2D eigenvalue weighted by Crippen LogP contribution is 2.41. The van der Waals surface area contributed by atoms with Crippen molar-refractivity contribution in [1.82, 2.24) is 15.2 Å². The van der Waals surface area contributed by atoms with E-state index in [1.807, 2.05) is 56.5 Å². The van der Waals surface area contributed by atoms with Gasteiger partial charge in [0.2, 0.25) is 0 Å². The number of nitrogen functional groups attached to an aromatic ring is 1. The molecule has 0 saturated carbocycles. The maximum atomic E-state index is 14.9. The fourth-order valence-corrected chi connectivity index (χ4v) is 4.83. The van der Waals surface area contributed by atoms with E-state index in [-0.39, 0.29) is 35.2 Å². The molecule has 2 aromatic carbocycles. The number of ether oxygens (including phenoxy) is 1. The molecule has 10 heteroatoms. The van der Waals surface area contributed by atoms with Gasteiger partial charge >= 0.3 is 12.1 Å². The van der Waals surface area contributed by atoms with Gasteiger partial charge in [0.15, 0.2) is 0 Å². The lowest BCUT2D eigenvalue weighted by Gasteiger charge is -2.53. The normalized spacial score (nSPS) is 16.7. The van der Waals surface area contributed by atoms with Crippen molar-refractivity contribution in [2.24, 2.45) is 11.3 Å². The summed E-state index contributed by atoms with van der Waals surface area (Å²) >= 11 is 0. The lowest BCUT2D eigenvalue weighted by atomic mass is 9.72. The molecule has 2 heterocycles. The number of piperidine rings is 1. The molecule has 3 N–H and O–H groups in total. The van der Waals surface area contributed by atoms with Gasteiger partial charge in [0.1, 0.15) is 11.4 Å². The Kier molecular flexibility index (Phi) is 7.40. The summed E-state index contributed by atoms with van der Waals surface area (Å²) in [4.78, 5) is 42.8. The standard InChI is InChI=1S/C27H34FN5O4/c1-26(2,3)37-25(36)32-17-27(18-32)11-13-31(14-12-27)24(35)33(21-7-5-4-6-8-21)16-20-10-9-19(15-22(20)28)23(34)30-29/h4-10,15H,11-14,16-18,29H2,1-3H3,(H,30,34). The number of hydrogen-bond acceptors (Lipinski definition) is 5. The summed E-state index contributed by atoms with van der Waals surface area (Å²) in [6.07, 6.45) is 1.25. The minimum atomic E-state index is -0.593. The van der Waals surface area contributed by atoms with Crippen molar-refractivity contribution in [3.63, 3.8) is 0 Å². The van der Waals surface area contributed by atoms with Gasteiger partial charge in [0, 0.05) is 48.4 Å². The molecule has 0 atom stereocenters. The van der Waals surface area contributed by atoms with Crippen LogP contribution in [-0.2, 0) is 11.3 Å². The van der Waals surface area contributed by atoms with Gasteiger partial charge in [-0.3, -0.25) is 15.1 Å². The van der Waals surface area contributed by atoms with Crippen molar-refractivity contribution in [3.05, 3.63) is 65.5 Å². The molecule has 4 rings (SSSR count). The zero-order valence-corrected chi connectivity index (χ0v) is 21.5. The van der Waals surface area contributed by atoms with Gasteiger partial charge in [-0.2, -0.15) is 0 Å². The van der Waals surface area contributed by atoms with E-state index in [9.17, 15) is 18.8 Å². The van der Waals surface area contributed by atoms with Gasteiger partial charge in [0.25, 0.3) is 5.91 Å². The summed E-state index contributed by atoms with van der Waals surface area (Å²) in [5.74, 6) is 3.96. The number of likely N-dealkylation sites (tertiary alicyclic amines) is 2. The molecule has 2 saturated heterocycles. The van der Waals surface area contributed by atoms with Crippen molar-refractivity contribution in [3.8, 4) is 0 Å². The van der Waals surface area contributed by atoms with Crippen molar-refractivity contribution in [2.75, 3.05) is 31.1 Å². The molecule has 0 unspecified atom stereocenters. The number of anilines is 1. The van der Waals surface area contributed by atoms with E-state index in [4.69, 9.17) is 10.6 Å². The van der Waals surface area contributed by atoms with Crippen molar-refractivity contribution in [1.29, 1.82) is 0 Å². The molecule has 0 aromatic heterocycles. The lowest BCUT2D eigenvalue weighted by molar-refractivity contribution is -0.0548. The first-order chi connectivity index (χ1) is 17.5. The number of nitrogens with zero attached hydrogens (tertiary/aromatic N) is 3. The SMILES string of the molecule is CC(C)(C)OC(=O)N1CC2(CCN(C(=O)N(Cc3ccc(C(=O)NN)cc3F)c3ccccc3)CC2)C1. The fourth-order valence-electron chi connectivity index (χ4n) is 4.83. The number of hydrazine groups is 1. The van der Waals surface area contributed by atoms with Crippen LogP contribution in [0.25, 0.3) is 0 Å². The molecule has 0 aliphatic carbocycles. The number of benzene rings is 2. The minimum Gasteiger partial charge on any atom is -0.444 e. The molecule has 2 aliphatic rings. The second-order valence-electron chi connectivity index (χ2n) is 10.8. The highest BCUT2D eigenvalue weighted by atomic mass is 19.1. The zero-order chi connectivity index (χ0) is 26.8. The molecule has 2 fully saturated rings. The van der Waals surface area contributed by atoms with Crippen LogP contribution in [0.2, 0.25) is 0 Å². The van der Waals surface area contributed by atoms with E-state index >= 15 is 0 Å². The summed E-state index contributed by atoms with van der Waals surface area (Å²) in [5, 5.41) is 0. The van der Waals surface area contributed by atoms with E-state index in [1.54, 1.807) is 14.7 Å². The number of urea groups is 1. The van der Waals surface area contributed by atoms with Crippen LogP contribution in [-0.4, -0.2) is 59.6 Å². The number of nitrogens with two attached hydrogens (primary N) is 1. The average Bonchev–Trinajstić information content (AvgIpc) is 2.85. The highest BCUT2D eigenvalue weighted by molar-refractivity contribution is 5.94. The first-order valence-corrected chi connectivity index (χ1v) is 12.4. The summed E-state index contributed by atoms with van der Waals surface area (Å²) in [7, 11) is 0. The Morgan fingerprint density at radius 1 is 1.05 bits per heavy atom. The molecule has 198 valence electrons. The van der Waals surface area contributed by atoms with Crippen LogP contribution in [0.3, 0.4) is 0 Å². The maximum Gasteiger partial charge on any atom is 0.410 e. The van der Waals surface area contributed by atoms with Gasteiger partial charge < -0.3 is 14.5 Å². The van der Waals surface area contributed by atoms with E-state index < -0.39 is 17.3 Å². The summed E-state index contributed by atoms with van der Waals surface area (Å²) in [6, 6.07) is 13.0. The van der Waals surface area contributed by atoms with Gasteiger partial charge in [-0.1, -0.05) is 24.3 Å². The fraction of sp³-hybridized carbons (Fsp3) is 0.444. The van der Waals surface area contributed by atoms with Crippen LogP contribution in [0, 0.1) is 11.2 Å². The average molecular weight is 512 g/mol. The van der Waals surface area contributed by atoms with Crippen LogP contribution in [0.4, 0.5) is 19.7 Å². The van der Waals surface area contributed by atoms with Crippen LogP contribution in [0.15, 0.2) is 48.5 Å². The number of carbonyl (C=O) groups is 3. The Morgan fingerprint density at radius 3 is 2.27 bits per heavy atom. The van der Waals surface area contributed by atoms with Crippen LogP contribution in [0.1, 0.15) is 49.5 Å². The Bertz CT molecular complexity index is 1150. The number of hydrogen-bond donors (Lipinski definition) is 2. The third-order valence-corrected chi connectivity index (χ3v) is 6.87. The molecule has 1 spiro atoms. The molecule has 0 bridgehead atoms. The number of para-hydroxylation sites is 1. The van der Waals surface area contributed by atoms with Crippen molar-refractivity contribution >= 4 is 23.7 Å². The van der Waals surface area contributed by atoms with E-state index in [0.29, 0.717) is 31.9 Å². The summed E-state index contributed by atoms with van der Waals surface area (Å²) < 4.78 is 20.3. The third kappa shape index (κ3) is 6.02. The number of amides is 4. The van der Waals surface area contributed by atoms with Crippen LogP contribution >= 0.6 is 0 Å². The Morgan fingerprint density at radius 2 is 1.70 bits per heavy atom. The predicted molar refractivity (Wildman–Crippen MR) is 137 cm³/mol. The van der Waals surface area contributed by atoms with Crippen molar-refractivity contribution in [2.45, 2.75) is 45.8 Å². The predicted octanol–water partition coefficient (Wildman–Crippen LogP) is 3.89. The van der Waals surface area contributed by atoms with Gasteiger partial charge in [0.05, 0.1) is 6.54 Å². The van der Waals surface area contributed by atoms with Crippen molar-refractivity contribution < 1.29 is 23.5 Å². The van der Waals surface area contributed by atoms with Gasteiger partial charge in [-0.15, -0.1) is 0 Å². The second-order valence-corrected chi connectivity index (χ2v) is 10.8. The summed E-state index contributed by atoms with van der Waals surface area (Å²) in [6.45, 7) is 7.89. The van der Waals surface area contributed by atoms with E-state index in [2.05, 4.69) is 0 Å². The largest absolute Gasteiger partial charge is 0.444 e. The molecular weight excluding hydrogens is 477 g/mol. The smallest absolute Gasteiger partial charge is 0.410 e. The Hall–Kier alpha value is -3.66. The Balaban J connectivity index is 1.43. The number of rotatable bonds is 4. The Labute approximate surface area is 216 Å². The highest BCUT2D eigenvalue weighted by Gasteiger charge is 2.48. The molecule has 2 aromatic rings. The lowest BCUT2D eigenvalue weighted by Crippen LogP contribution is -2.63. The van der Waals surface area contributed by atoms with E-state index in [1.165, 1.54) is 12.1 Å².